The molecule has 0 atom stereocenters. The highest BCUT2D eigenvalue weighted by Crippen LogP contribution is 2.30. The van der Waals surface area contributed by atoms with Crippen molar-refractivity contribution in [3.8, 4) is 10.6 Å². The zero-order valence-electron chi connectivity index (χ0n) is 15.7. The van der Waals surface area contributed by atoms with Crippen molar-refractivity contribution in [1.82, 2.24) is 14.8 Å². The van der Waals surface area contributed by atoms with Gasteiger partial charge in [-0.2, -0.15) is 5.10 Å². The van der Waals surface area contributed by atoms with Gasteiger partial charge in [0, 0.05) is 24.4 Å². The Hall–Kier alpha value is -3.36. The summed E-state index contributed by atoms with van der Waals surface area (Å²) in [6.45, 7) is 0.624. The molecule has 2 heterocycles. The normalized spacial score (nSPS) is 10.9. The highest BCUT2D eigenvalue weighted by Gasteiger charge is 2.11. The van der Waals surface area contributed by atoms with E-state index in [9.17, 15) is 9.59 Å². The minimum absolute atomic E-state index is 0.163. The van der Waals surface area contributed by atoms with Gasteiger partial charge < -0.3 is 10.1 Å². The molecule has 0 aliphatic carbocycles. The van der Waals surface area contributed by atoms with Crippen LogP contribution in [-0.2, 0) is 11.3 Å². The van der Waals surface area contributed by atoms with Crippen LogP contribution in [0.15, 0.2) is 65.5 Å². The van der Waals surface area contributed by atoms with Crippen LogP contribution in [0.5, 0.6) is 0 Å². The molecule has 0 fully saturated rings. The number of benzene rings is 2. The molecular formula is C21H18N4O3S. The Morgan fingerprint density at radius 3 is 2.66 bits per heavy atom. The maximum atomic E-state index is 12.5. The molecule has 2 aromatic carbocycles. The van der Waals surface area contributed by atoms with Crippen molar-refractivity contribution in [2.24, 2.45) is 0 Å². The quantitative estimate of drug-likeness (QED) is 0.530. The van der Waals surface area contributed by atoms with Crippen molar-refractivity contribution in [1.29, 1.82) is 0 Å². The molecular weight excluding hydrogens is 388 g/mol. The average Bonchev–Trinajstić information content (AvgIpc) is 3.18. The van der Waals surface area contributed by atoms with Gasteiger partial charge in [-0.25, -0.2) is 9.67 Å². The lowest BCUT2D eigenvalue weighted by molar-refractivity contribution is 0.101. The fourth-order valence-corrected chi connectivity index (χ4v) is 3.77. The largest absolute Gasteiger partial charge is 0.383 e. The SMILES string of the molecule is COCCn1nc(C(=O)Nc2ccc(-c3nc4ccccc4s3)cc2)ccc1=O. The number of fused-ring (bicyclic) bond motifs is 1. The maximum absolute atomic E-state index is 12.5. The standard InChI is InChI=1S/C21H18N4O3S/c1-28-13-12-25-19(26)11-10-17(24-25)20(27)22-15-8-6-14(7-9-15)21-23-16-4-2-3-5-18(16)29-21/h2-11H,12-13H2,1H3,(H,22,27). The first kappa shape index (κ1) is 19.0. The number of aromatic nitrogens is 3. The molecule has 1 amide bonds. The fourth-order valence-electron chi connectivity index (χ4n) is 2.79. The van der Waals surface area contributed by atoms with Gasteiger partial charge in [0.25, 0.3) is 11.5 Å². The molecule has 0 unspecified atom stereocenters. The minimum atomic E-state index is -0.385. The van der Waals surface area contributed by atoms with Gasteiger partial charge in [-0.05, 0) is 42.5 Å². The van der Waals surface area contributed by atoms with Crippen LogP contribution in [0, 0.1) is 0 Å². The van der Waals surface area contributed by atoms with E-state index in [-0.39, 0.29) is 23.7 Å². The lowest BCUT2D eigenvalue weighted by Crippen LogP contribution is -2.27. The number of hydrogen-bond acceptors (Lipinski definition) is 6. The first-order valence-corrected chi connectivity index (χ1v) is 9.80. The van der Waals surface area contributed by atoms with Crippen LogP contribution in [-0.4, -0.2) is 34.4 Å². The Kier molecular flexibility index (Phi) is 5.46. The van der Waals surface area contributed by atoms with E-state index in [1.54, 1.807) is 18.4 Å². The highest BCUT2D eigenvalue weighted by atomic mass is 32.1. The number of para-hydroxylation sites is 1. The van der Waals surface area contributed by atoms with Crippen molar-refractivity contribution >= 4 is 33.1 Å². The minimum Gasteiger partial charge on any atom is -0.383 e. The zero-order chi connectivity index (χ0) is 20.2. The molecule has 8 heteroatoms. The van der Waals surface area contributed by atoms with Crippen LogP contribution in [0.25, 0.3) is 20.8 Å². The van der Waals surface area contributed by atoms with Crippen molar-refractivity contribution in [2.45, 2.75) is 6.54 Å². The Labute approximate surface area is 170 Å². The number of nitrogens with one attached hydrogen (secondary N) is 1. The molecule has 0 aliphatic heterocycles. The van der Waals surface area contributed by atoms with Gasteiger partial charge >= 0.3 is 0 Å². The maximum Gasteiger partial charge on any atom is 0.276 e. The predicted octanol–water partition coefficient (Wildman–Crippen LogP) is 3.42. The van der Waals surface area contributed by atoms with E-state index in [4.69, 9.17) is 4.74 Å². The Morgan fingerprint density at radius 2 is 1.90 bits per heavy atom. The van der Waals surface area contributed by atoms with Crippen molar-refractivity contribution in [3.05, 3.63) is 76.7 Å². The van der Waals surface area contributed by atoms with E-state index in [2.05, 4.69) is 15.4 Å². The molecule has 7 nitrogen and oxygen atoms in total. The summed E-state index contributed by atoms with van der Waals surface area (Å²) in [5, 5.41) is 7.83. The first-order valence-electron chi connectivity index (χ1n) is 8.98. The smallest absolute Gasteiger partial charge is 0.276 e. The monoisotopic (exact) mass is 406 g/mol. The van der Waals surface area contributed by atoms with Crippen LogP contribution in [0.4, 0.5) is 5.69 Å². The number of anilines is 1. The van der Waals surface area contributed by atoms with E-state index >= 15 is 0 Å². The molecule has 0 spiro atoms. The Balaban J connectivity index is 1.50. The molecule has 0 radical (unpaired) electrons. The molecule has 4 rings (SSSR count). The second-order valence-corrected chi connectivity index (χ2v) is 7.32. The van der Waals surface area contributed by atoms with Crippen LogP contribution in [0.1, 0.15) is 10.5 Å². The third kappa shape index (κ3) is 4.23. The van der Waals surface area contributed by atoms with Crippen LogP contribution in [0.2, 0.25) is 0 Å². The number of carbonyl (C=O) groups excluding carboxylic acids is 1. The number of methoxy groups -OCH3 is 1. The van der Waals surface area contributed by atoms with E-state index in [1.165, 1.54) is 16.8 Å². The molecule has 146 valence electrons. The molecule has 0 saturated carbocycles. The van der Waals surface area contributed by atoms with Crippen LogP contribution < -0.4 is 10.9 Å². The van der Waals surface area contributed by atoms with Gasteiger partial charge in [0.1, 0.15) is 10.7 Å². The van der Waals surface area contributed by atoms with E-state index in [0.717, 1.165) is 20.8 Å². The number of amides is 1. The lowest BCUT2D eigenvalue weighted by Gasteiger charge is -2.08. The number of hydrogen-bond donors (Lipinski definition) is 1. The molecule has 2 aromatic heterocycles. The molecule has 1 N–H and O–H groups in total. The molecule has 0 bridgehead atoms. The second-order valence-electron chi connectivity index (χ2n) is 6.29. The van der Waals surface area contributed by atoms with Gasteiger partial charge in [-0.3, -0.25) is 9.59 Å². The second kappa shape index (κ2) is 8.34. The van der Waals surface area contributed by atoms with Gasteiger partial charge in [0.05, 0.1) is 23.4 Å². The van der Waals surface area contributed by atoms with Gasteiger partial charge in [-0.15, -0.1) is 11.3 Å². The predicted molar refractivity (Wildman–Crippen MR) is 113 cm³/mol. The van der Waals surface area contributed by atoms with Crippen molar-refractivity contribution < 1.29 is 9.53 Å². The molecule has 0 aliphatic rings. The summed E-state index contributed by atoms with van der Waals surface area (Å²) in [7, 11) is 1.54. The molecule has 29 heavy (non-hydrogen) atoms. The Bertz CT molecular complexity index is 1180. The highest BCUT2D eigenvalue weighted by molar-refractivity contribution is 7.21. The van der Waals surface area contributed by atoms with E-state index < -0.39 is 0 Å². The summed E-state index contributed by atoms with van der Waals surface area (Å²) in [5.41, 5.74) is 2.47. The summed E-state index contributed by atoms with van der Waals surface area (Å²) in [4.78, 5) is 28.9. The van der Waals surface area contributed by atoms with Gasteiger partial charge in [0.2, 0.25) is 0 Å². The summed E-state index contributed by atoms with van der Waals surface area (Å²) in [5.74, 6) is -0.385. The summed E-state index contributed by atoms with van der Waals surface area (Å²) in [6, 6.07) is 18.2. The zero-order valence-corrected chi connectivity index (χ0v) is 16.5. The summed E-state index contributed by atoms with van der Waals surface area (Å²) in [6.07, 6.45) is 0. The molecule has 0 saturated heterocycles. The summed E-state index contributed by atoms with van der Waals surface area (Å²) < 4.78 is 7.31. The third-order valence-corrected chi connectivity index (χ3v) is 5.38. The van der Waals surface area contributed by atoms with Crippen molar-refractivity contribution in [2.75, 3.05) is 19.0 Å². The van der Waals surface area contributed by atoms with E-state index in [0.29, 0.717) is 12.3 Å². The number of carbonyl (C=O) groups is 1. The fraction of sp³-hybridized carbons (Fsp3) is 0.143. The van der Waals surface area contributed by atoms with Gasteiger partial charge in [-0.1, -0.05) is 12.1 Å². The van der Waals surface area contributed by atoms with E-state index in [1.807, 2.05) is 48.5 Å². The van der Waals surface area contributed by atoms with Gasteiger partial charge in [0.15, 0.2) is 0 Å². The van der Waals surface area contributed by atoms with Crippen molar-refractivity contribution in [3.63, 3.8) is 0 Å². The molecule has 4 aromatic rings. The lowest BCUT2D eigenvalue weighted by atomic mass is 10.2. The first-order chi connectivity index (χ1) is 14.1. The van der Waals surface area contributed by atoms with Crippen LogP contribution >= 0.6 is 11.3 Å². The average molecular weight is 406 g/mol. The number of thiazole rings is 1. The topological polar surface area (TPSA) is 86.1 Å². The number of nitrogens with zero attached hydrogens (tertiary/aromatic N) is 3. The number of ether oxygens (including phenoxy) is 1. The number of rotatable bonds is 6. The third-order valence-electron chi connectivity index (χ3n) is 4.29. The summed E-state index contributed by atoms with van der Waals surface area (Å²) >= 11 is 1.63. The van der Waals surface area contributed by atoms with Crippen LogP contribution in [0.3, 0.4) is 0 Å². The Morgan fingerprint density at radius 1 is 1.10 bits per heavy atom.